The van der Waals surface area contributed by atoms with Gasteiger partial charge in [-0.15, -0.1) is 0 Å². The van der Waals surface area contributed by atoms with E-state index in [1.807, 2.05) is 19.1 Å². The summed E-state index contributed by atoms with van der Waals surface area (Å²) < 4.78 is 16.8. The van der Waals surface area contributed by atoms with Gasteiger partial charge >= 0.3 is 0 Å². The smallest absolute Gasteiger partial charge is 0.294 e. The Morgan fingerprint density at radius 3 is 2.41 bits per heavy atom. The second kappa shape index (κ2) is 12.9. The molecule has 0 atom stereocenters. The quantitative estimate of drug-likeness (QED) is 0.265. The maximum atomic E-state index is 12.9. The first-order valence-electron chi connectivity index (χ1n) is 11.8. The Bertz CT molecular complexity index is 1430. The lowest BCUT2D eigenvalue weighted by molar-refractivity contribution is -0.127. The molecule has 39 heavy (non-hydrogen) atoms. The monoisotopic (exact) mass is 586 g/mol. The van der Waals surface area contributed by atoms with Crippen LogP contribution in [0.5, 0.6) is 17.2 Å². The highest BCUT2D eigenvalue weighted by Gasteiger charge is 2.36. The number of carbonyl (C=O) groups is 3. The van der Waals surface area contributed by atoms with E-state index >= 15 is 0 Å². The molecule has 1 N–H and O–H groups in total. The summed E-state index contributed by atoms with van der Waals surface area (Å²) in [5.74, 6) is 0.387. The van der Waals surface area contributed by atoms with Gasteiger partial charge in [-0.3, -0.25) is 19.3 Å². The number of hydrogen-bond acceptors (Lipinski definition) is 7. The van der Waals surface area contributed by atoms with Gasteiger partial charge in [-0.2, -0.15) is 0 Å². The number of amides is 3. The fourth-order valence-corrected chi connectivity index (χ4v) is 4.84. The minimum absolute atomic E-state index is 0.192. The molecule has 0 bridgehead atoms. The first-order valence-corrected chi connectivity index (χ1v) is 13.4. The maximum absolute atomic E-state index is 12.9. The molecule has 0 radical (unpaired) electrons. The number of rotatable bonds is 10. The van der Waals surface area contributed by atoms with Gasteiger partial charge < -0.3 is 19.5 Å². The Morgan fingerprint density at radius 1 is 0.974 bits per heavy atom. The summed E-state index contributed by atoms with van der Waals surface area (Å²) in [6.45, 7) is 2.14. The van der Waals surface area contributed by atoms with Crippen LogP contribution in [0.15, 0.2) is 65.6 Å². The van der Waals surface area contributed by atoms with Gasteiger partial charge in [0.2, 0.25) is 5.91 Å². The standard InChI is InChI=1S/C28H24Cl2N2O6S/c1-3-37-24-12-18(6-10-23(24)38-16-17-4-7-19(29)8-5-17)13-25-27(34)32(28(35)39-25)15-26(33)31-20-9-11-22(36-2)21(30)14-20/h4-14H,3,15-16H2,1-2H3,(H,31,33)/b25-13+. The van der Waals surface area contributed by atoms with E-state index < -0.39 is 23.6 Å². The van der Waals surface area contributed by atoms with Crippen LogP contribution in [0.4, 0.5) is 10.5 Å². The minimum atomic E-state index is -0.561. The molecule has 3 amide bonds. The van der Waals surface area contributed by atoms with E-state index in [4.69, 9.17) is 37.4 Å². The molecule has 11 heteroatoms. The summed E-state index contributed by atoms with van der Waals surface area (Å²) in [4.78, 5) is 39.1. The number of nitrogens with zero attached hydrogens (tertiary/aromatic N) is 1. The average molecular weight is 587 g/mol. The van der Waals surface area contributed by atoms with Crippen molar-refractivity contribution in [1.29, 1.82) is 0 Å². The lowest BCUT2D eigenvalue weighted by Crippen LogP contribution is -2.36. The van der Waals surface area contributed by atoms with Crippen molar-refractivity contribution in [3.05, 3.63) is 86.7 Å². The van der Waals surface area contributed by atoms with Crippen LogP contribution in [-0.2, 0) is 16.2 Å². The third-order valence-electron chi connectivity index (χ3n) is 5.48. The topological polar surface area (TPSA) is 94.2 Å². The lowest BCUT2D eigenvalue weighted by Gasteiger charge is -2.13. The molecule has 1 fully saturated rings. The molecule has 0 saturated carbocycles. The van der Waals surface area contributed by atoms with Crippen LogP contribution < -0.4 is 19.5 Å². The van der Waals surface area contributed by atoms with Crippen LogP contribution >= 0.6 is 35.0 Å². The van der Waals surface area contributed by atoms with Crippen LogP contribution in [0.3, 0.4) is 0 Å². The number of hydrogen-bond donors (Lipinski definition) is 1. The van der Waals surface area contributed by atoms with Crippen molar-refractivity contribution < 1.29 is 28.6 Å². The van der Waals surface area contributed by atoms with Crippen molar-refractivity contribution in [2.45, 2.75) is 13.5 Å². The third kappa shape index (κ3) is 7.26. The molecule has 1 saturated heterocycles. The van der Waals surface area contributed by atoms with Crippen LogP contribution in [0.25, 0.3) is 6.08 Å². The molecule has 0 aromatic heterocycles. The fourth-order valence-electron chi connectivity index (χ4n) is 3.62. The number of halogens is 2. The molecule has 1 aliphatic rings. The number of ether oxygens (including phenoxy) is 3. The molecule has 0 aliphatic carbocycles. The summed E-state index contributed by atoms with van der Waals surface area (Å²) in [6.07, 6.45) is 1.58. The van der Waals surface area contributed by atoms with Crippen molar-refractivity contribution in [3.63, 3.8) is 0 Å². The highest BCUT2D eigenvalue weighted by molar-refractivity contribution is 8.18. The SMILES string of the molecule is CCOc1cc(/C=C2/SC(=O)N(CC(=O)Nc3ccc(OC)c(Cl)c3)C2=O)ccc1OCc1ccc(Cl)cc1. The van der Waals surface area contributed by atoms with Crippen molar-refractivity contribution in [2.75, 3.05) is 25.6 Å². The summed E-state index contributed by atoms with van der Waals surface area (Å²) in [5, 5.41) is 3.05. The van der Waals surface area contributed by atoms with Crippen molar-refractivity contribution in [1.82, 2.24) is 4.90 Å². The highest BCUT2D eigenvalue weighted by atomic mass is 35.5. The summed E-state index contributed by atoms with van der Waals surface area (Å²) in [5.41, 5.74) is 1.99. The summed E-state index contributed by atoms with van der Waals surface area (Å²) in [7, 11) is 1.48. The second-order valence-corrected chi connectivity index (χ2v) is 10.1. The average Bonchev–Trinajstić information content (AvgIpc) is 3.16. The van der Waals surface area contributed by atoms with E-state index in [2.05, 4.69) is 5.32 Å². The molecule has 4 rings (SSSR count). The Hall–Kier alpha value is -3.66. The van der Waals surface area contributed by atoms with Gasteiger partial charge in [0.15, 0.2) is 11.5 Å². The number of thioether (sulfide) groups is 1. The molecule has 0 unspecified atom stereocenters. The molecule has 3 aromatic carbocycles. The Kier molecular flexibility index (Phi) is 9.40. The van der Waals surface area contributed by atoms with Crippen molar-refractivity contribution in [3.8, 4) is 17.2 Å². The van der Waals surface area contributed by atoms with Gasteiger partial charge in [0.25, 0.3) is 11.1 Å². The zero-order chi connectivity index (χ0) is 27.9. The molecular weight excluding hydrogens is 563 g/mol. The maximum Gasteiger partial charge on any atom is 0.294 e. The normalized spacial score (nSPS) is 14.1. The summed E-state index contributed by atoms with van der Waals surface area (Å²) in [6, 6.07) is 17.3. The Balaban J connectivity index is 1.43. The first kappa shape index (κ1) is 28.4. The predicted octanol–water partition coefficient (Wildman–Crippen LogP) is 6.65. The number of methoxy groups -OCH3 is 1. The number of benzene rings is 3. The van der Waals surface area contributed by atoms with Crippen LogP contribution in [0, 0.1) is 0 Å². The predicted molar refractivity (Wildman–Crippen MR) is 153 cm³/mol. The zero-order valence-corrected chi connectivity index (χ0v) is 23.4. The van der Waals surface area contributed by atoms with Gasteiger partial charge in [-0.1, -0.05) is 41.4 Å². The largest absolute Gasteiger partial charge is 0.495 e. The van der Waals surface area contributed by atoms with E-state index in [9.17, 15) is 14.4 Å². The summed E-state index contributed by atoms with van der Waals surface area (Å²) >= 11 is 12.8. The lowest BCUT2D eigenvalue weighted by atomic mass is 10.1. The molecule has 1 heterocycles. The van der Waals surface area contributed by atoms with E-state index in [-0.39, 0.29) is 4.91 Å². The fraction of sp³-hybridized carbons (Fsp3) is 0.179. The Labute approximate surface area is 239 Å². The van der Waals surface area contributed by atoms with Gasteiger partial charge in [0.05, 0.1) is 23.6 Å². The van der Waals surface area contributed by atoms with Gasteiger partial charge in [-0.25, -0.2) is 0 Å². The second-order valence-electron chi connectivity index (χ2n) is 8.22. The van der Waals surface area contributed by atoms with Crippen LogP contribution in [0.1, 0.15) is 18.1 Å². The van der Waals surface area contributed by atoms with Gasteiger partial charge in [0.1, 0.15) is 18.9 Å². The van der Waals surface area contributed by atoms with E-state index in [0.717, 1.165) is 22.2 Å². The van der Waals surface area contributed by atoms with Gasteiger partial charge in [0, 0.05) is 10.7 Å². The third-order valence-corrected chi connectivity index (χ3v) is 6.94. The number of imide groups is 1. The van der Waals surface area contributed by atoms with Crippen molar-refractivity contribution in [2.24, 2.45) is 0 Å². The highest BCUT2D eigenvalue weighted by Crippen LogP contribution is 2.35. The van der Waals surface area contributed by atoms with E-state index in [1.54, 1.807) is 48.5 Å². The van der Waals surface area contributed by atoms with Gasteiger partial charge in [-0.05, 0) is 78.4 Å². The molecule has 1 aliphatic heterocycles. The minimum Gasteiger partial charge on any atom is -0.495 e. The Morgan fingerprint density at radius 2 is 1.72 bits per heavy atom. The molecular formula is C28H24Cl2N2O6S. The molecule has 202 valence electrons. The molecule has 3 aromatic rings. The van der Waals surface area contributed by atoms with E-state index in [0.29, 0.717) is 51.8 Å². The number of nitrogens with one attached hydrogen (secondary N) is 1. The van der Waals surface area contributed by atoms with Crippen molar-refractivity contribution >= 4 is 63.8 Å². The number of anilines is 1. The zero-order valence-electron chi connectivity index (χ0n) is 21.0. The molecule has 0 spiro atoms. The van der Waals surface area contributed by atoms with Crippen LogP contribution in [-0.4, -0.2) is 42.2 Å². The van der Waals surface area contributed by atoms with Crippen LogP contribution in [0.2, 0.25) is 10.0 Å². The first-order chi connectivity index (χ1) is 18.8. The molecule has 8 nitrogen and oxygen atoms in total. The number of carbonyl (C=O) groups excluding carboxylic acids is 3. The van der Waals surface area contributed by atoms with E-state index in [1.165, 1.54) is 13.2 Å².